The molecule has 0 aliphatic heterocycles. The van der Waals surface area contributed by atoms with Crippen LogP contribution in [-0.4, -0.2) is 46.4 Å². The van der Waals surface area contributed by atoms with Crippen LogP contribution in [0.3, 0.4) is 0 Å². The van der Waals surface area contributed by atoms with Crippen molar-refractivity contribution in [3.8, 4) is 0 Å². The van der Waals surface area contributed by atoms with E-state index >= 15 is 0 Å². The molecule has 0 unspecified atom stereocenters. The molecule has 0 heterocycles. The van der Waals surface area contributed by atoms with Gasteiger partial charge in [0.25, 0.3) is 0 Å². The van der Waals surface area contributed by atoms with Gasteiger partial charge in [0.05, 0.1) is 0 Å². The minimum atomic E-state index is -2.57. The zero-order chi connectivity index (χ0) is 11.3. The molecule has 16 heavy (non-hydrogen) atoms. The molecule has 0 fully saturated rings. The molecular formula is C4H5BLi2O9. The molecule has 0 aromatic carbocycles. The summed E-state index contributed by atoms with van der Waals surface area (Å²) in [5.41, 5.74) is 0. The topological polar surface area (TPSA) is 147 Å². The third kappa shape index (κ3) is 8.41. The zero-order valence-corrected chi connectivity index (χ0v) is 8.37. The average Bonchev–Trinajstić information content (AvgIpc) is 2.03. The Hall–Kier alpha value is -0.900. The van der Waals surface area contributed by atoms with Crippen LogP contribution in [0.1, 0.15) is 2.85 Å². The largest absolute Gasteiger partial charge is 1.00 e. The van der Waals surface area contributed by atoms with E-state index in [4.69, 9.17) is 15.2 Å². The van der Waals surface area contributed by atoms with E-state index in [1.807, 2.05) is 0 Å². The van der Waals surface area contributed by atoms with Crippen LogP contribution in [0.4, 0.5) is 0 Å². The second-order valence-corrected chi connectivity index (χ2v) is 1.73. The molecule has 0 radical (unpaired) electrons. The first-order valence-electron chi connectivity index (χ1n) is 2.90. The first-order valence-corrected chi connectivity index (χ1v) is 2.90. The molecule has 0 aliphatic rings. The van der Waals surface area contributed by atoms with Crippen molar-refractivity contribution in [3.05, 3.63) is 0 Å². The van der Waals surface area contributed by atoms with Crippen molar-refractivity contribution >= 4 is 31.2 Å². The number of hydrogen-bond donors (Lipinski definition) is 3. The molecule has 0 saturated carbocycles. The van der Waals surface area contributed by atoms with Gasteiger partial charge in [-0.2, -0.15) is 0 Å². The predicted molar refractivity (Wildman–Crippen MR) is 37.7 cm³/mol. The summed E-state index contributed by atoms with van der Waals surface area (Å²) < 4.78 is 7.09. The van der Waals surface area contributed by atoms with Gasteiger partial charge >= 0.3 is 68.9 Å². The van der Waals surface area contributed by atoms with Gasteiger partial charge in [-0.05, 0) is 0 Å². The average molecular weight is 222 g/mol. The fourth-order valence-corrected chi connectivity index (χ4v) is 0.308. The number of carboxylic acids is 2. The molecule has 3 N–H and O–H groups in total. The fourth-order valence-electron chi connectivity index (χ4n) is 0.308. The summed E-state index contributed by atoms with van der Waals surface area (Å²) in [5.74, 6) is -7.85. The Morgan fingerprint density at radius 2 is 1.12 bits per heavy atom. The molecule has 0 spiro atoms. The van der Waals surface area contributed by atoms with E-state index in [0.717, 1.165) is 0 Å². The normalized spacial score (nSPS) is 7.56. The van der Waals surface area contributed by atoms with Crippen molar-refractivity contribution in [2.24, 2.45) is 0 Å². The second kappa shape index (κ2) is 9.33. The van der Waals surface area contributed by atoms with Crippen LogP contribution in [0.25, 0.3) is 0 Å². The zero-order valence-electron chi connectivity index (χ0n) is 10.4. The maximum absolute atomic E-state index is 10.2. The third-order valence-electron chi connectivity index (χ3n) is 0.765. The van der Waals surface area contributed by atoms with Crippen LogP contribution in [0, 0.1) is 0 Å². The van der Waals surface area contributed by atoms with E-state index in [1.54, 1.807) is 0 Å². The summed E-state index contributed by atoms with van der Waals surface area (Å²) in [7, 11) is -2.57. The van der Waals surface area contributed by atoms with Gasteiger partial charge < -0.3 is 27.4 Å². The van der Waals surface area contributed by atoms with Gasteiger partial charge in [-0.3, -0.25) is 0 Å². The second-order valence-electron chi connectivity index (χ2n) is 1.73. The predicted octanol–water partition coefficient (Wildman–Crippen LogP) is -8.55. The minimum Gasteiger partial charge on any atom is -1.00 e. The van der Waals surface area contributed by atoms with Crippen molar-refractivity contribution < 1.29 is 84.3 Å². The van der Waals surface area contributed by atoms with E-state index in [1.165, 1.54) is 0 Å². The Morgan fingerprint density at radius 3 is 1.31 bits per heavy atom. The van der Waals surface area contributed by atoms with Crippen LogP contribution in [-0.2, 0) is 28.5 Å². The van der Waals surface area contributed by atoms with E-state index < -0.39 is 31.2 Å². The maximum Gasteiger partial charge on any atom is 1.00 e. The van der Waals surface area contributed by atoms with E-state index in [9.17, 15) is 19.2 Å². The molecule has 0 aromatic rings. The Bertz CT molecular complexity index is 272. The molecule has 0 aliphatic carbocycles. The van der Waals surface area contributed by atoms with Gasteiger partial charge in [0, 0.05) is 0 Å². The Balaban J connectivity index is -0.000000141. The Kier molecular flexibility index (Phi) is 12.0. The van der Waals surface area contributed by atoms with Gasteiger partial charge in [-0.15, -0.1) is 0 Å². The van der Waals surface area contributed by atoms with E-state index in [2.05, 4.69) is 9.31 Å². The summed E-state index contributed by atoms with van der Waals surface area (Å²) in [5, 5.41) is 24.3. The van der Waals surface area contributed by atoms with Crippen LogP contribution in [0.2, 0.25) is 0 Å². The summed E-state index contributed by atoms with van der Waals surface area (Å²) in [6.45, 7) is 0. The van der Waals surface area contributed by atoms with Crippen molar-refractivity contribution in [2.75, 3.05) is 0 Å². The maximum atomic E-state index is 10.2. The first kappa shape index (κ1) is 20.5. The van der Waals surface area contributed by atoms with E-state index in [-0.39, 0.29) is 40.6 Å². The van der Waals surface area contributed by atoms with Gasteiger partial charge in [-0.1, -0.05) is 0 Å². The molecule has 0 aromatic heterocycles. The third-order valence-corrected chi connectivity index (χ3v) is 0.765. The standard InChI is InChI=1S/C4H3BO9.2Li.2H/c6-1(7)3(10)13-5(12)14-4(11)2(8)9;;;;/h12H,(H,6,7)(H,8,9);;;;/q;2*+1;2*-1. The first-order chi connectivity index (χ1) is 6.34. The Labute approximate surface area is 116 Å². The quantitative estimate of drug-likeness (QED) is 0.305. The molecule has 0 atom stereocenters. The molecular weight excluding hydrogens is 217 g/mol. The SMILES string of the molecule is O=C(O)C(=O)OB(O)OC(=O)C(=O)O.[H-].[H-].[Li+].[Li+]. The van der Waals surface area contributed by atoms with Crippen molar-refractivity contribution in [1.29, 1.82) is 0 Å². The summed E-state index contributed by atoms with van der Waals surface area (Å²) in [4.78, 5) is 40.0. The number of aliphatic carboxylic acids is 2. The Morgan fingerprint density at radius 1 is 0.875 bits per heavy atom. The number of carboxylic acid groups (broad SMARTS) is 2. The molecule has 0 saturated heterocycles. The fraction of sp³-hybridized carbons (Fsp3) is 0. The van der Waals surface area contributed by atoms with Crippen molar-refractivity contribution in [3.63, 3.8) is 0 Å². The monoisotopic (exact) mass is 222 g/mol. The number of rotatable bonds is 2. The van der Waals surface area contributed by atoms with Crippen molar-refractivity contribution in [1.82, 2.24) is 0 Å². The number of carbonyl (C=O) groups is 4. The van der Waals surface area contributed by atoms with Gasteiger partial charge in [0.2, 0.25) is 0 Å². The van der Waals surface area contributed by atoms with Crippen LogP contribution in [0.15, 0.2) is 0 Å². The van der Waals surface area contributed by atoms with Crippen LogP contribution in [0.5, 0.6) is 0 Å². The molecule has 0 amide bonds. The van der Waals surface area contributed by atoms with Gasteiger partial charge in [0.1, 0.15) is 0 Å². The summed E-state index contributed by atoms with van der Waals surface area (Å²) in [6, 6.07) is 0. The summed E-state index contributed by atoms with van der Waals surface area (Å²) in [6.07, 6.45) is 0. The van der Waals surface area contributed by atoms with E-state index in [0.29, 0.717) is 0 Å². The summed E-state index contributed by atoms with van der Waals surface area (Å²) >= 11 is 0. The molecule has 9 nitrogen and oxygen atoms in total. The molecule has 12 heteroatoms. The molecule has 80 valence electrons. The van der Waals surface area contributed by atoms with Gasteiger partial charge in [-0.25, -0.2) is 19.2 Å². The molecule has 0 rings (SSSR count). The smallest absolute Gasteiger partial charge is 1.00 e. The minimum absolute atomic E-state index is 0. The van der Waals surface area contributed by atoms with Crippen LogP contribution < -0.4 is 37.7 Å². The number of hydrogen-bond acceptors (Lipinski definition) is 7. The molecule has 0 bridgehead atoms. The van der Waals surface area contributed by atoms with Gasteiger partial charge in [0.15, 0.2) is 0 Å². The van der Waals surface area contributed by atoms with Crippen molar-refractivity contribution in [2.45, 2.75) is 0 Å². The number of carbonyl (C=O) groups excluding carboxylic acids is 2. The van der Waals surface area contributed by atoms with Crippen LogP contribution >= 0.6 is 0 Å².